The van der Waals surface area contributed by atoms with Gasteiger partial charge in [-0.25, -0.2) is 9.97 Å². The Hall–Kier alpha value is -2.16. The molecule has 0 radical (unpaired) electrons. The van der Waals surface area contributed by atoms with Crippen LogP contribution < -0.4 is 5.73 Å². The second kappa shape index (κ2) is 3.42. The molecule has 2 aromatic heterocycles. The van der Waals surface area contributed by atoms with Crippen LogP contribution >= 0.6 is 0 Å². The van der Waals surface area contributed by atoms with E-state index in [2.05, 4.69) is 35.1 Å². The Kier molecular flexibility index (Phi) is 2.01. The van der Waals surface area contributed by atoms with Gasteiger partial charge in [-0.3, -0.25) is 0 Å². The van der Waals surface area contributed by atoms with E-state index >= 15 is 0 Å². The molecule has 0 aliphatic carbocycles. The van der Waals surface area contributed by atoms with Crippen LogP contribution in [-0.2, 0) is 0 Å². The van der Waals surface area contributed by atoms with Crippen LogP contribution in [0.4, 0.5) is 5.82 Å². The summed E-state index contributed by atoms with van der Waals surface area (Å²) in [5.41, 5.74) is 9.83. The Bertz CT molecular complexity index is 732. The Balaban J connectivity index is 2.55. The largest absolute Gasteiger partial charge is 0.382 e. The summed E-state index contributed by atoms with van der Waals surface area (Å²) in [7, 11) is 0. The minimum absolute atomic E-state index is 0.502. The highest BCUT2D eigenvalue weighted by atomic mass is 14.9. The molecule has 0 saturated heterocycles. The van der Waals surface area contributed by atoms with Gasteiger partial charge in [0.05, 0.1) is 5.52 Å². The second-order valence-electron chi connectivity index (χ2n) is 4.37. The molecule has 0 saturated carbocycles. The first kappa shape index (κ1) is 10.0. The average Bonchev–Trinajstić information content (AvgIpc) is 2.29. The Labute approximate surface area is 99.3 Å². The van der Waals surface area contributed by atoms with Crippen molar-refractivity contribution in [2.24, 2.45) is 0 Å². The number of aromatic nitrogens is 2. The lowest BCUT2D eigenvalue weighted by Crippen LogP contribution is -1.96. The third kappa shape index (κ3) is 1.51. The van der Waals surface area contributed by atoms with E-state index in [-0.39, 0.29) is 0 Å². The smallest absolute Gasteiger partial charge is 0.150 e. The van der Waals surface area contributed by atoms with Crippen LogP contribution in [0.1, 0.15) is 11.3 Å². The normalized spacial score (nSPS) is 11.2. The highest BCUT2D eigenvalue weighted by Crippen LogP contribution is 2.27. The van der Waals surface area contributed by atoms with Gasteiger partial charge < -0.3 is 5.73 Å². The summed E-state index contributed by atoms with van der Waals surface area (Å²) < 4.78 is 0. The summed E-state index contributed by atoms with van der Waals surface area (Å²) in [5.74, 6) is 0.502. The molecular formula is C14H13N3. The minimum atomic E-state index is 0.502. The molecule has 0 aliphatic rings. The Morgan fingerprint density at radius 2 is 1.71 bits per heavy atom. The van der Waals surface area contributed by atoms with Crippen LogP contribution in [0.5, 0.6) is 0 Å². The van der Waals surface area contributed by atoms with Crippen LogP contribution in [-0.4, -0.2) is 9.97 Å². The standard InChI is InChI=1S/C14H13N3/c1-8-3-5-10-11-6-4-9(2)16-13(11)14(15)17-12(10)7-8/h3-7H,1-2H3,(H2,15,17). The number of rotatable bonds is 0. The van der Waals surface area contributed by atoms with Crippen LogP contribution in [0.2, 0.25) is 0 Å². The zero-order valence-electron chi connectivity index (χ0n) is 9.86. The van der Waals surface area contributed by atoms with E-state index in [0.717, 1.165) is 27.5 Å². The molecule has 3 rings (SSSR count). The predicted molar refractivity (Wildman–Crippen MR) is 70.9 cm³/mol. The molecule has 3 nitrogen and oxygen atoms in total. The monoisotopic (exact) mass is 223 g/mol. The van der Waals surface area contributed by atoms with E-state index in [1.54, 1.807) is 0 Å². The number of anilines is 1. The van der Waals surface area contributed by atoms with Crippen molar-refractivity contribution in [3.05, 3.63) is 41.6 Å². The molecule has 0 amide bonds. The molecule has 0 aliphatic heterocycles. The van der Waals surface area contributed by atoms with E-state index in [0.29, 0.717) is 5.82 Å². The Morgan fingerprint density at radius 1 is 0.941 bits per heavy atom. The van der Waals surface area contributed by atoms with Gasteiger partial charge in [0.15, 0.2) is 5.82 Å². The number of hydrogen-bond acceptors (Lipinski definition) is 3. The average molecular weight is 223 g/mol. The van der Waals surface area contributed by atoms with E-state index in [9.17, 15) is 0 Å². The maximum atomic E-state index is 5.97. The van der Waals surface area contributed by atoms with Gasteiger partial charge in [-0.05, 0) is 31.5 Å². The van der Waals surface area contributed by atoms with Gasteiger partial charge >= 0.3 is 0 Å². The molecule has 84 valence electrons. The topological polar surface area (TPSA) is 51.8 Å². The van der Waals surface area contributed by atoms with Crippen molar-refractivity contribution in [1.82, 2.24) is 9.97 Å². The number of aryl methyl sites for hydroxylation is 2. The fourth-order valence-electron chi connectivity index (χ4n) is 2.11. The zero-order valence-corrected chi connectivity index (χ0v) is 9.86. The lowest BCUT2D eigenvalue weighted by molar-refractivity contribution is 1.25. The first-order chi connectivity index (χ1) is 8.15. The van der Waals surface area contributed by atoms with Crippen molar-refractivity contribution < 1.29 is 0 Å². The van der Waals surface area contributed by atoms with Crippen molar-refractivity contribution >= 4 is 27.6 Å². The lowest BCUT2D eigenvalue weighted by Gasteiger charge is -2.07. The van der Waals surface area contributed by atoms with Gasteiger partial charge in [0.1, 0.15) is 5.52 Å². The van der Waals surface area contributed by atoms with Crippen molar-refractivity contribution in [2.45, 2.75) is 13.8 Å². The first-order valence-corrected chi connectivity index (χ1v) is 5.58. The number of nitrogen functional groups attached to an aromatic ring is 1. The number of pyridine rings is 2. The van der Waals surface area contributed by atoms with E-state index in [1.807, 2.05) is 19.1 Å². The fourth-order valence-corrected chi connectivity index (χ4v) is 2.11. The van der Waals surface area contributed by atoms with Gasteiger partial charge in [0.25, 0.3) is 0 Å². The number of hydrogen-bond donors (Lipinski definition) is 1. The molecule has 0 fully saturated rings. The fraction of sp³-hybridized carbons (Fsp3) is 0.143. The third-order valence-electron chi connectivity index (χ3n) is 2.96. The van der Waals surface area contributed by atoms with Crippen molar-refractivity contribution in [3.8, 4) is 0 Å². The van der Waals surface area contributed by atoms with E-state index in [1.165, 1.54) is 5.56 Å². The highest BCUT2D eigenvalue weighted by molar-refractivity contribution is 6.08. The molecular weight excluding hydrogens is 210 g/mol. The molecule has 3 aromatic rings. The van der Waals surface area contributed by atoms with Crippen molar-refractivity contribution in [3.63, 3.8) is 0 Å². The molecule has 2 N–H and O–H groups in total. The van der Waals surface area contributed by atoms with Crippen LogP contribution in [0, 0.1) is 13.8 Å². The second-order valence-corrected chi connectivity index (χ2v) is 4.37. The van der Waals surface area contributed by atoms with Crippen LogP contribution in [0.3, 0.4) is 0 Å². The molecule has 2 heterocycles. The van der Waals surface area contributed by atoms with E-state index in [4.69, 9.17) is 5.73 Å². The number of nitrogens with two attached hydrogens (primary N) is 1. The zero-order chi connectivity index (χ0) is 12.0. The van der Waals surface area contributed by atoms with Gasteiger partial charge in [-0.1, -0.05) is 18.2 Å². The minimum Gasteiger partial charge on any atom is -0.382 e. The highest BCUT2D eigenvalue weighted by Gasteiger charge is 2.07. The van der Waals surface area contributed by atoms with Crippen LogP contribution in [0.15, 0.2) is 30.3 Å². The maximum Gasteiger partial charge on any atom is 0.150 e. The molecule has 0 unspecified atom stereocenters. The number of fused-ring (bicyclic) bond motifs is 3. The lowest BCUT2D eigenvalue weighted by atomic mass is 10.1. The van der Waals surface area contributed by atoms with Crippen LogP contribution in [0.25, 0.3) is 21.8 Å². The summed E-state index contributed by atoms with van der Waals surface area (Å²) in [6.07, 6.45) is 0. The third-order valence-corrected chi connectivity index (χ3v) is 2.96. The predicted octanol–water partition coefficient (Wildman–Crippen LogP) is 2.98. The molecule has 0 atom stereocenters. The molecule has 17 heavy (non-hydrogen) atoms. The Morgan fingerprint density at radius 3 is 2.53 bits per heavy atom. The molecule has 1 aromatic carbocycles. The molecule has 0 spiro atoms. The van der Waals surface area contributed by atoms with Gasteiger partial charge in [0.2, 0.25) is 0 Å². The number of nitrogens with zero attached hydrogens (tertiary/aromatic N) is 2. The maximum absolute atomic E-state index is 5.97. The molecule has 3 heteroatoms. The summed E-state index contributed by atoms with van der Waals surface area (Å²) in [4.78, 5) is 8.88. The van der Waals surface area contributed by atoms with E-state index < -0.39 is 0 Å². The van der Waals surface area contributed by atoms with Crippen molar-refractivity contribution in [2.75, 3.05) is 5.73 Å². The molecule has 0 bridgehead atoms. The van der Waals surface area contributed by atoms with Crippen molar-refractivity contribution in [1.29, 1.82) is 0 Å². The number of benzene rings is 1. The first-order valence-electron chi connectivity index (χ1n) is 5.58. The summed E-state index contributed by atoms with van der Waals surface area (Å²) in [6.45, 7) is 4.01. The summed E-state index contributed by atoms with van der Waals surface area (Å²) in [6, 6.07) is 10.3. The summed E-state index contributed by atoms with van der Waals surface area (Å²) >= 11 is 0. The van der Waals surface area contributed by atoms with Gasteiger partial charge in [0, 0.05) is 16.5 Å². The summed E-state index contributed by atoms with van der Waals surface area (Å²) in [5, 5.41) is 2.17. The SMILES string of the molecule is Cc1ccc2c(c1)nc(N)c1nc(C)ccc12. The van der Waals surface area contributed by atoms with Gasteiger partial charge in [-0.15, -0.1) is 0 Å². The van der Waals surface area contributed by atoms with Gasteiger partial charge in [-0.2, -0.15) is 0 Å². The quantitative estimate of drug-likeness (QED) is 0.596.